The van der Waals surface area contributed by atoms with Gasteiger partial charge in [-0.05, 0) is 37.5 Å². The lowest BCUT2D eigenvalue weighted by molar-refractivity contribution is 0.775. The third kappa shape index (κ3) is 6.63. The zero-order valence-electron chi connectivity index (χ0n) is 14.2. The Morgan fingerprint density at radius 1 is 0.960 bits per heavy atom. The van der Waals surface area contributed by atoms with Crippen LogP contribution in [0, 0.1) is 11.8 Å². The summed E-state index contributed by atoms with van der Waals surface area (Å²) in [5.74, 6) is 3.32. The molecule has 0 amide bonds. The zero-order valence-corrected chi connectivity index (χ0v) is 15.7. The first-order valence-corrected chi connectivity index (χ1v) is 9.26. The van der Waals surface area contributed by atoms with Crippen LogP contribution in [0.5, 0.6) is 0 Å². The first-order valence-electron chi connectivity index (χ1n) is 8.50. The maximum atomic E-state index is 5.74. The van der Waals surface area contributed by atoms with E-state index in [0.717, 1.165) is 36.6 Å². The minimum atomic E-state index is 0.441. The van der Waals surface area contributed by atoms with E-state index in [9.17, 15) is 0 Å². The largest absolute Gasteiger partial charge is 0.368 e. The van der Waals surface area contributed by atoms with Gasteiger partial charge >= 0.3 is 0 Å². The molecule has 0 radical (unpaired) electrons. The van der Waals surface area contributed by atoms with Crippen LogP contribution in [-0.2, 0) is 0 Å². The SMILES string of the molecule is CN(CC1CC1)c1cncc(Cl)n1.Clc1cncc(NCC2CC2)n1. The van der Waals surface area contributed by atoms with E-state index < -0.39 is 0 Å². The van der Waals surface area contributed by atoms with Gasteiger partial charge in [0.05, 0.1) is 24.8 Å². The number of nitrogens with one attached hydrogen (secondary N) is 1. The van der Waals surface area contributed by atoms with Crippen LogP contribution in [0.25, 0.3) is 0 Å². The molecular formula is C17H22Cl2N6. The van der Waals surface area contributed by atoms with E-state index in [1.54, 1.807) is 18.6 Å². The first kappa shape index (κ1) is 18.1. The summed E-state index contributed by atoms with van der Waals surface area (Å²) in [6.07, 6.45) is 11.9. The molecule has 2 heterocycles. The fourth-order valence-electron chi connectivity index (χ4n) is 2.30. The number of halogens is 2. The van der Waals surface area contributed by atoms with Gasteiger partial charge in [0.2, 0.25) is 0 Å². The van der Waals surface area contributed by atoms with E-state index in [0.29, 0.717) is 10.3 Å². The van der Waals surface area contributed by atoms with Crippen molar-refractivity contribution in [3.63, 3.8) is 0 Å². The molecule has 0 aliphatic heterocycles. The minimum absolute atomic E-state index is 0.441. The summed E-state index contributed by atoms with van der Waals surface area (Å²) < 4.78 is 0. The topological polar surface area (TPSA) is 66.8 Å². The predicted octanol–water partition coefficient (Wildman–Crippen LogP) is 3.93. The third-order valence-electron chi connectivity index (χ3n) is 4.09. The van der Waals surface area contributed by atoms with Crippen LogP contribution in [0.3, 0.4) is 0 Å². The van der Waals surface area contributed by atoms with Gasteiger partial charge in [-0.15, -0.1) is 0 Å². The highest BCUT2D eigenvalue weighted by Gasteiger charge is 2.23. The van der Waals surface area contributed by atoms with Crippen LogP contribution in [0.2, 0.25) is 10.3 Å². The lowest BCUT2D eigenvalue weighted by atomic mass is 10.4. The van der Waals surface area contributed by atoms with E-state index >= 15 is 0 Å². The Morgan fingerprint density at radius 2 is 1.60 bits per heavy atom. The molecule has 6 nitrogen and oxygen atoms in total. The number of anilines is 2. The van der Waals surface area contributed by atoms with Crippen LogP contribution in [-0.4, -0.2) is 40.1 Å². The van der Waals surface area contributed by atoms with Gasteiger partial charge in [0.25, 0.3) is 0 Å². The van der Waals surface area contributed by atoms with Crippen molar-refractivity contribution >= 4 is 34.8 Å². The summed E-state index contributed by atoms with van der Waals surface area (Å²) >= 11 is 11.4. The zero-order chi connectivity index (χ0) is 17.6. The number of hydrogen-bond acceptors (Lipinski definition) is 6. The van der Waals surface area contributed by atoms with Gasteiger partial charge in [-0.25, -0.2) is 9.97 Å². The van der Waals surface area contributed by atoms with Gasteiger partial charge < -0.3 is 10.2 Å². The van der Waals surface area contributed by atoms with Crippen molar-refractivity contribution in [3.05, 3.63) is 35.1 Å². The number of nitrogens with zero attached hydrogens (tertiary/aromatic N) is 5. The number of rotatable bonds is 6. The van der Waals surface area contributed by atoms with Crippen LogP contribution in [0.15, 0.2) is 24.8 Å². The second kappa shape index (κ2) is 8.63. The molecule has 8 heteroatoms. The maximum absolute atomic E-state index is 5.74. The summed E-state index contributed by atoms with van der Waals surface area (Å²) in [5.41, 5.74) is 0. The predicted molar refractivity (Wildman–Crippen MR) is 101 cm³/mol. The Labute approximate surface area is 158 Å². The molecular weight excluding hydrogens is 359 g/mol. The smallest absolute Gasteiger partial charge is 0.149 e. The van der Waals surface area contributed by atoms with Crippen LogP contribution in [0.4, 0.5) is 11.6 Å². The number of hydrogen-bond donors (Lipinski definition) is 1. The molecule has 1 N–H and O–H groups in total. The van der Waals surface area contributed by atoms with Gasteiger partial charge in [-0.1, -0.05) is 23.2 Å². The molecule has 0 unspecified atom stereocenters. The van der Waals surface area contributed by atoms with Gasteiger partial charge in [0.1, 0.15) is 21.9 Å². The van der Waals surface area contributed by atoms with Crippen LogP contribution < -0.4 is 10.2 Å². The van der Waals surface area contributed by atoms with Crippen molar-refractivity contribution < 1.29 is 0 Å². The second-order valence-corrected chi connectivity index (χ2v) is 7.35. The van der Waals surface area contributed by atoms with E-state index in [1.807, 2.05) is 7.05 Å². The Kier molecular flexibility index (Phi) is 6.26. The molecule has 134 valence electrons. The van der Waals surface area contributed by atoms with E-state index in [1.165, 1.54) is 31.9 Å². The average Bonchev–Trinajstić information content (AvgIpc) is 3.49. The van der Waals surface area contributed by atoms with Crippen molar-refractivity contribution in [2.24, 2.45) is 11.8 Å². The molecule has 2 saturated carbocycles. The van der Waals surface area contributed by atoms with Gasteiger partial charge in [-0.2, -0.15) is 0 Å². The Bertz CT molecular complexity index is 690. The molecule has 2 fully saturated rings. The standard InChI is InChI=1S/C9H12ClN3.C8H10ClN3/c1-13(6-7-2-3-7)9-5-11-4-8(10)12-9;9-7-4-10-5-8(12-7)11-3-6-1-2-6/h4-5,7H,2-3,6H2,1H3;4-6H,1-3H2,(H,11,12). The highest BCUT2D eigenvalue weighted by Crippen LogP contribution is 2.30. The fourth-order valence-corrected chi connectivity index (χ4v) is 2.59. The summed E-state index contributed by atoms with van der Waals surface area (Å²) in [5, 5.41) is 4.09. The van der Waals surface area contributed by atoms with E-state index in [2.05, 4.69) is 30.2 Å². The molecule has 0 aromatic carbocycles. The Hall–Kier alpha value is -1.66. The molecule has 2 aliphatic carbocycles. The lowest BCUT2D eigenvalue weighted by Gasteiger charge is -2.16. The minimum Gasteiger partial charge on any atom is -0.368 e. The lowest BCUT2D eigenvalue weighted by Crippen LogP contribution is -2.21. The average molecular weight is 381 g/mol. The summed E-state index contributed by atoms with van der Waals surface area (Å²) in [7, 11) is 2.03. The monoisotopic (exact) mass is 380 g/mol. The summed E-state index contributed by atoms with van der Waals surface area (Å²) in [6.45, 7) is 2.06. The fraction of sp³-hybridized carbons (Fsp3) is 0.529. The first-order chi connectivity index (χ1) is 12.1. The molecule has 0 bridgehead atoms. The number of aromatic nitrogens is 4. The normalized spacial score (nSPS) is 16.0. The van der Waals surface area contributed by atoms with Crippen molar-refractivity contribution in [2.75, 3.05) is 30.4 Å². The van der Waals surface area contributed by atoms with Crippen molar-refractivity contribution in [1.29, 1.82) is 0 Å². The van der Waals surface area contributed by atoms with Crippen molar-refractivity contribution in [2.45, 2.75) is 25.7 Å². The van der Waals surface area contributed by atoms with Crippen molar-refractivity contribution in [3.8, 4) is 0 Å². The molecule has 0 spiro atoms. The Balaban J connectivity index is 0.000000146. The van der Waals surface area contributed by atoms with Gasteiger partial charge in [0.15, 0.2) is 0 Å². The van der Waals surface area contributed by atoms with Crippen LogP contribution in [0.1, 0.15) is 25.7 Å². The van der Waals surface area contributed by atoms with Gasteiger partial charge in [0, 0.05) is 20.1 Å². The van der Waals surface area contributed by atoms with Crippen molar-refractivity contribution in [1.82, 2.24) is 19.9 Å². The van der Waals surface area contributed by atoms with E-state index in [4.69, 9.17) is 23.2 Å². The molecule has 25 heavy (non-hydrogen) atoms. The van der Waals surface area contributed by atoms with Gasteiger partial charge in [-0.3, -0.25) is 9.97 Å². The summed E-state index contributed by atoms with van der Waals surface area (Å²) in [4.78, 5) is 18.3. The third-order valence-corrected chi connectivity index (χ3v) is 4.45. The highest BCUT2D eigenvalue weighted by molar-refractivity contribution is 6.29. The molecule has 4 rings (SSSR count). The Morgan fingerprint density at radius 3 is 2.20 bits per heavy atom. The second-order valence-electron chi connectivity index (χ2n) is 6.58. The molecule has 2 aromatic rings. The quantitative estimate of drug-likeness (QED) is 0.818. The summed E-state index contributed by atoms with van der Waals surface area (Å²) in [6, 6.07) is 0. The molecule has 0 saturated heterocycles. The maximum Gasteiger partial charge on any atom is 0.149 e. The van der Waals surface area contributed by atoms with E-state index in [-0.39, 0.29) is 0 Å². The highest BCUT2D eigenvalue weighted by atomic mass is 35.5. The molecule has 0 atom stereocenters. The molecule has 2 aromatic heterocycles. The molecule has 2 aliphatic rings. The van der Waals surface area contributed by atoms with Crippen LogP contribution >= 0.6 is 23.2 Å².